The number of hydrogen-bond donors (Lipinski definition) is 2. The molecule has 6 heteroatoms. The summed E-state index contributed by atoms with van der Waals surface area (Å²) < 4.78 is 5.17. The maximum absolute atomic E-state index is 12.1. The molecule has 1 aromatic heterocycles. The number of carbonyl (C=O) groups is 1. The van der Waals surface area contributed by atoms with Crippen molar-refractivity contribution >= 4 is 5.91 Å². The number of carbonyl (C=O) groups excluding carboxylic acids is 1. The molecule has 0 aliphatic carbocycles. The fraction of sp³-hybridized carbons (Fsp3) is 0.471. The molecule has 0 bridgehead atoms. The molecule has 1 aromatic carbocycles. The van der Waals surface area contributed by atoms with Crippen LogP contribution in [-0.4, -0.2) is 27.8 Å². The third-order valence-corrected chi connectivity index (χ3v) is 3.42. The van der Waals surface area contributed by atoms with Crippen LogP contribution in [0.15, 0.2) is 34.9 Å². The van der Waals surface area contributed by atoms with E-state index < -0.39 is 6.04 Å². The Morgan fingerprint density at radius 1 is 1.30 bits per heavy atom. The van der Waals surface area contributed by atoms with Crippen molar-refractivity contribution in [3.63, 3.8) is 0 Å². The number of rotatable bonds is 6. The van der Waals surface area contributed by atoms with Crippen molar-refractivity contribution < 1.29 is 14.4 Å². The van der Waals surface area contributed by atoms with E-state index in [-0.39, 0.29) is 24.3 Å². The number of nitrogens with zero attached hydrogens (tertiary/aromatic N) is 2. The Balaban J connectivity index is 1.88. The molecule has 2 aromatic rings. The van der Waals surface area contributed by atoms with E-state index >= 15 is 0 Å². The van der Waals surface area contributed by atoms with E-state index in [2.05, 4.69) is 15.5 Å². The second-order valence-corrected chi connectivity index (χ2v) is 6.48. The van der Waals surface area contributed by atoms with E-state index in [9.17, 15) is 9.90 Å². The molecular weight excluding hydrogens is 294 g/mol. The number of aromatic nitrogens is 2. The van der Waals surface area contributed by atoms with Gasteiger partial charge in [0.25, 0.3) is 0 Å². The van der Waals surface area contributed by atoms with Crippen molar-refractivity contribution in [2.24, 2.45) is 0 Å². The zero-order valence-electron chi connectivity index (χ0n) is 13.7. The SMILES string of the molecule is CC(C)(C)c1noc(CCC(=O)NC(CO)c2ccccc2)n1. The van der Waals surface area contributed by atoms with Crippen LogP contribution in [0.4, 0.5) is 0 Å². The summed E-state index contributed by atoms with van der Waals surface area (Å²) in [6.45, 7) is 5.85. The highest BCUT2D eigenvalue weighted by Gasteiger charge is 2.21. The van der Waals surface area contributed by atoms with Gasteiger partial charge in [0.1, 0.15) is 0 Å². The maximum Gasteiger partial charge on any atom is 0.227 e. The number of aryl methyl sites for hydroxylation is 1. The van der Waals surface area contributed by atoms with Gasteiger partial charge in [0, 0.05) is 18.3 Å². The second-order valence-electron chi connectivity index (χ2n) is 6.48. The fourth-order valence-electron chi connectivity index (χ4n) is 2.07. The Labute approximate surface area is 135 Å². The highest BCUT2D eigenvalue weighted by Crippen LogP contribution is 2.19. The van der Waals surface area contributed by atoms with E-state index in [1.165, 1.54) is 0 Å². The van der Waals surface area contributed by atoms with Gasteiger partial charge in [-0.15, -0.1) is 0 Å². The van der Waals surface area contributed by atoms with Crippen molar-refractivity contribution in [1.82, 2.24) is 15.5 Å². The monoisotopic (exact) mass is 317 g/mol. The molecule has 0 aliphatic rings. The van der Waals surface area contributed by atoms with Gasteiger partial charge in [-0.2, -0.15) is 4.98 Å². The van der Waals surface area contributed by atoms with Gasteiger partial charge in [0.2, 0.25) is 11.8 Å². The van der Waals surface area contributed by atoms with E-state index in [0.717, 1.165) is 5.56 Å². The second kappa shape index (κ2) is 7.37. The van der Waals surface area contributed by atoms with Crippen LogP contribution < -0.4 is 5.32 Å². The van der Waals surface area contributed by atoms with Gasteiger partial charge in [0.05, 0.1) is 12.6 Å². The number of hydrogen-bond acceptors (Lipinski definition) is 5. The Morgan fingerprint density at radius 3 is 2.57 bits per heavy atom. The van der Waals surface area contributed by atoms with Gasteiger partial charge in [-0.05, 0) is 5.56 Å². The van der Waals surface area contributed by atoms with E-state index in [1.54, 1.807) is 0 Å². The summed E-state index contributed by atoms with van der Waals surface area (Å²) in [6.07, 6.45) is 0.608. The lowest BCUT2D eigenvalue weighted by Crippen LogP contribution is -2.30. The van der Waals surface area contributed by atoms with Gasteiger partial charge in [-0.1, -0.05) is 56.3 Å². The smallest absolute Gasteiger partial charge is 0.227 e. The molecule has 1 unspecified atom stereocenters. The standard InChI is InChI=1S/C17H23N3O3/c1-17(2,3)16-19-15(23-20-16)10-9-14(22)18-13(11-21)12-7-5-4-6-8-12/h4-8,13,21H,9-11H2,1-3H3,(H,18,22). The molecule has 6 nitrogen and oxygen atoms in total. The minimum absolute atomic E-state index is 0.148. The summed E-state index contributed by atoms with van der Waals surface area (Å²) in [5.74, 6) is 0.916. The highest BCUT2D eigenvalue weighted by atomic mass is 16.5. The molecule has 23 heavy (non-hydrogen) atoms. The normalized spacial score (nSPS) is 12.9. The Morgan fingerprint density at radius 2 is 2.00 bits per heavy atom. The quantitative estimate of drug-likeness (QED) is 0.852. The number of amides is 1. The van der Waals surface area contributed by atoms with Gasteiger partial charge in [0.15, 0.2) is 5.82 Å². The first-order valence-electron chi connectivity index (χ1n) is 7.68. The third kappa shape index (κ3) is 4.89. The lowest BCUT2D eigenvalue weighted by atomic mass is 9.96. The van der Waals surface area contributed by atoms with E-state index in [4.69, 9.17) is 4.52 Å². The first kappa shape index (κ1) is 17.1. The largest absolute Gasteiger partial charge is 0.394 e. The topological polar surface area (TPSA) is 88.2 Å². The molecule has 124 valence electrons. The van der Waals surface area contributed by atoms with Crippen LogP contribution in [0.5, 0.6) is 0 Å². The first-order chi connectivity index (χ1) is 10.9. The predicted molar refractivity (Wildman–Crippen MR) is 85.7 cm³/mol. The van der Waals surface area contributed by atoms with Crippen LogP contribution in [0, 0.1) is 0 Å². The molecule has 0 saturated heterocycles. The van der Waals surface area contributed by atoms with Crippen molar-refractivity contribution in [2.75, 3.05) is 6.61 Å². The predicted octanol–water partition coefficient (Wildman–Crippen LogP) is 2.15. The van der Waals surface area contributed by atoms with Crippen molar-refractivity contribution in [3.8, 4) is 0 Å². The summed E-state index contributed by atoms with van der Waals surface area (Å²) in [5.41, 5.74) is 0.690. The Bertz CT molecular complexity index is 632. The van der Waals surface area contributed by atoms with Crippen LogP contribution in [0.25, 0.3) is 0 Å². The average Bonchev–Trinajstić information content (AvgIpc) is 3.00. The number of aliphatic hydroxyl groups excluding tert-OH is 1. The van der Waals surface area contributed by atoms with Crippen LogP contribution in [0.1, 0.15) is 50.5 Å². The first-order valence-corrected chi connectivity index (χ1v) is 7.68. The molecule has 0 spiro atoms. The molecule has 0 fully saturated rings. The number of nitrogens with one attached hydrogen (secondary N) is 1. The van der Waals surface area contributed by atoms with Crippen molar-refractivity contribution in [1.29, 1.82) is 0 Å². The minimum Gasteiger partial charge on any atom is -0.394 e. The summed E-state index contributed by atoms with van der Waals surface area (Å²) in [7, 11) is 0. The van der Waals surface area contributed by atoms with Crippen LogP contribution in [-0.2, 0) is 16.6 Å². The summed E-state index contributed by atoms with van der Waals surface area (Å²) in [5, 5.41) is 16.2. The molecule has 0 aliphatic heterocycles. The lowest BCUT2D eigenvalue weighted by Gasteiger charge is -2.16. The zero-order chi connectivity index (χ0) is 16.9. The minimum atomic E-state index is -0.406. The van der Waals surface area contributed by atoms with Crippen LogP contribution >= 0.6 is 0 Å². The highest BCUT2D eigenvalue weighted by molar-refractivity contribution is 5.76. The maximum atomic E-state index is 12.1. The summed E-state index contributed by atoms with van der Waals surface area (Å²) >= 11 is 0. The average molecular weight is 317 g/mol. The molecule has 2 N–H and O–H groups in total. The summed E-state index contributed by atoms with van der Waals surface area (Å²) in [6, 6.07) is 8.97. The van der Waals surface area contributed by atoms with Gasteiger partial charge in [-0.25, -0.2) is 0 Å². The lowest BCUT2D eigenvalue weighted by molar-refractivity contribution is -0.122. The third-order valence-electron chi connectivity index (χ3n) is 3.42. The van der Waals surface area contributed by atoms with Crippen LogP contribution in [0.3, 0.4) is 0 Å². The zero-order valence-corrected chi connectivity index (χ0v) is 13.7. The number of aliphatic hydroxyl groups is 1. The Kier molecular flexibility index (Phi) is 5.50. The molecule has 2 rings (SSSR count). The van der Waals surface area contributed by atoms with Crippen LogP contribution in [0.2, 0.25) is 0 Å². The van der Waals surface area contributed by atoms with Gasteiger partial charge in [-0.3, -0.25) is 4.79 Å². The summed E-state index contributed by atoms with van der Waals surface area (Å²) in [4.78, 5) is 16.4. The molecule has 0 radical (unpaired) electrons. The number of benzene rings is 1. The Hall–Kier alpha value is -2.21. The van der Waals surface area contributed by atoms with Gasteiger partial charge < -0.3 is 14.9 Å². The molecule has 1 atom stereocenters. The van der Waals surface area contributed by atoms with Crippen molar-refractivity contribution in [3.05, 3.63) is 47.6 Å². The molecular formula is C17H23N3O3. The van der Waals surface area contributed by atoms with Gasteiger partial charge >= 0.3 is 0 Å². The molecule has 1 amide bonds. The van der Waals surface area contributed by atoms with Crippen molar-refractivity contribution in [2.45, 2.75) is 45.1 Å². The fourth-order valence-corrected chi connectivity index (χ4v) is 2.07. The molecule has 1 heterocycles. The van der Waals surface area contributed by atoms with E-state index in [0.29, 0.717) is 18.1 Å². The van der Waals surface area contributed by atoms with E-state index in [1.807, 2.05) is 51.1 Å². The molecule has 0 saturated carbocycles.